The van der Waals surface area contributed by atoms with Gasteiger partial charge in [0.1, 0.15) is 0 Å². The number of nitrogens with zero attached hydrogens (tertiary/aromatic N) is 2. The first-order valence-corrected chi connectivity index (χ1v) is 8.35. The van der Waals surface area contributed by atoms with E-state index in [0.717, 1.165) is 22.9 Å². The maximum absolute atomic E-state index is 12.6. The summed E-state index contributed by atoms with van der Waals surface area (Å²) in [5.74, 6) is 0.0243. The summed E-state index contributed by atoms with van der Waals surface area (Å²) in [6, 6.07) is 18.6. The van der Waals surface area contributed by atoms with Crippen LogP contribution in [0.5, 0.6) is 0 Å². The van der Waals surface area contributed by atoms with E-state index < -0.39 is 0 Å². The predicted octanol–water partition coefficient (Wildman–Crippen LogP) is 4.24. The molecule has 0 aliphatic rings. The summed E-state index contributed by atoms with van der Waals surface area (Å²) in [6.45, 7) is 0. The maximum Gasteiger partial charge on any atom is 0.167 e. The van der Waals surface area contributed by atoms with E-state index in [2.05, 4.69) is 4.98 Å². The van der Waals surface area contributed by atoms with E-state index in [-0.39, 0.29) is 12.2 Å². The third-order valence-electron chi connectivity index (χ3n) is 4.44. The van der Waals surface area contributed by atoms with Gasteiger partial charge in [-0.2, -0.15) is 0 Å². The van der Waals surface area contributed by atoms with E-state index in [1.807, 2.05) is 77.5 Å². The third kappa shape index (κ3) is 2.82. The van der Waals surface area contributed by atoms with E-state index >= 15 is 0 Å². The molecule has 0 saturated heterocycles. The predicted molar refractivity (Wildman–Crippen MR) is 100 cm³/mol. The summed E-state index contributed by atoms with van der Waals surface area (Å²) in [4.78, 5) is 28.8. The molecule has 0 fully saturated rings. The van der Waals surface area contributed by atoms with Crippen LogP contribution in [0.25, 0.3) is 16.8 Å². The van der Waals surface area contributed by atoms with Crippen LogP contribution in [0.3, 0.4) is 0 Å². The number of ketones is 1. The van der Waals surface area contributed by atoms with Crippen molar-refractivity contribution in [3.8, 4) is 11.3 Å². The molecule has 0 saturated carbocycles. The van der Waals surface area contributed by atoms with Crippen LogP contribution in [0, 0.1) is 0 Å². The fourth-order valence-corrected chi connectivity index (χ4v) is 3.18. The van der Waals surface area contributed by atoms with Crippen molar-refractivity contribution in [3.63, 3.8) is 0 Å². The average Bonchev–Trinajstić information content (AvgIpc) is 3.07. The number of aromatic nitrogens is 2. The minimum atomic E-state index is 0.0243. The van der Waals surface area contributed by atoms with Gasteiger partial charge in [-0.25, -0.2) is 0 Å². The summed E-state index contributed by atoms with van der Waals surface area (Å²) in [6.07, 6.45) is 6.55. The van der Waals surface area contributed by atoms with Crippen LogP contribution in [-0.4, -0.2) is 21.5 Å². The number of pyridine rings is 2. The third-order valence-corrected chi connectivity index (χ3v) is 4.44. The van der Waals surface area contributed by atoms with Gasteiger partial charge in [-0.05, 0) is 23.8 Å². The van der Waals surface area contributed by atoms with Gasteiger partial charge in [-0.15, -0.1) is 0 Å². The molecule has 0 atom stereocenters. The zero-order valence-electron chi connectivity index (χ0n) is 14.0. The van der Waals surface area contributed by atoms with E-state index in [4.69, 9.17) is 0 Å². The highest BCUT2D eigenvalue weighted by molar-refractivity contribution is 6.00. The lowest BCUT2D eigenvalue weighted by molar-refractivity contribution is 0.0992. The second-order valence-corrected chi connectivity index (χ2v) is 6.04. The maximum atomic E-state index is 12.6. The molecule has 3 heterocycles. The molecule has 0 unspecified atom stereocenters. The van der Waals surface area contributed by atoms with E-state index in [9.17, 15) is 9.59 Å². The van der Waals surface area contributed by atoms with E-state index in [1.165, 1.54) is 0 Å². The van der Waals surface area contributed by atoms with Crippen LogP contribution in [0.4, 0.5) is 0 Å². The molecule has 0 N–H and O–H groups in total. The summed E-state index contributed by atoms with van der Waals surface area (Å²) in [5.41, 5.74) is 4.28. The van der Waals surface area contributed by atoms with Crippen molar-refractivity contribution in [2.24, 2.45) is 0 Å². The first-order valence-electron chi connectivity index (χ1n) is 8.35. The van der Waals surface area contributed by atoms with Crippen molar-refractivity contribution in [3.05, 3.63) is 95.9 Å². The highest BCUT2D eigenvalue weighted by Gasteiger charge is 2.17. The van der Waals surface area contributed by atoms with Gasteiger partial charge < -0.3 is 4.40 Å². The zero-order chi connectivity index (χ0) is 17.9. The van der Waals surface area contributed by atoms with Gasteiger partial charge in [0.05, 0.1) is 11.2 Å². The van der Waals surface area contributed by atoms with Crippen LogP contribution in [0.2, 0.25) is 0 Å². The molecular weight excluding hydrogens is 324 g/mol. The number of hydrogen-bond donors (Lipinski definition) is 0. The fraction of sp³-hybridized carbons (Fsp3) is 0.0455. The molecule has 0 radical (unpaired) electrons. The minimum absolute atomic E-state index is 0.0243. The Morgan fingerprint density at radius 3 is 2.62 bits per heavy atom. The Balaban J connectivity index is 1.80. The Labute approximate surface area is 150 Å². The summed E-state index contributed by atoms with van der Waals surface area (Å²) in [5, 5.41) is 0. The Kier molecular flexibility index (Phi) is 4.15. The molecule has 0 spiro atoms. The van der Waals surface area contributed by atoms with Gasteiger partial charge in [0.25, 0.3) is 0 Å². The molecule has 3 aromatic heterocycles. The first kappa shape index (κ1) is 16.0. The van der Waals surface area contributed by atoms with E-state index in [0.29, 0.717) is 16.8 Å². The number of carbonyl (C=O) groups excluding carboxylic acids is 2. The molecule has 4 rings (SSSR count). The van der Waals surface area contributed by atoms with Crippen molar-refractivity contribution in [1.29, 1.82) is 0 Å². The Bertz CT molecular complexity index is 1100. The highest BCUT2D eigenvalue weighted by atomic mass is 16.1. The second-order valence-electron chi connectivity index (χ2n) is 6.04. The summed E-state index contributed by atoms with van der Waals surface area (Å²) >= 11 is 0. The molecule has 4 aromatic rings. The number of aldehydes is 1. The molecule has 26 heavy (non-hydrogen) atoms. The van der Waals surface area contributed by atoms with Crippen molar-refractivity contribution in [2.75, 3.05) is 0 Å². The number of carbonyl (C=O) groups is 2. The number of rotatable bonds is 5. The Morgan fingerprint density at radius 2 is 1.81 bits per heavy atom. The number of benzene rings is 1. The van der Waals surface area contributed by atoms with Crippen molar-refractivity contribution < 1.29 is 9.59 Å². The monoisotopic (exact) mass is 340 g/mol. The molecule has 0 aliphatic heterocycles. The van der Waals surface area contributed by atoms with E-state index in [1.54, 1.807) is 6.20 Å². The molecule has 4 heteroatoms. The fourth-order valence-electron chi connectivity index (χ4n) is 3.18. The standard InChI is InChI=1S/C22H16N2O2/c25-15-19-18(14-24-12-5-4-10-20(19)24)22-17(9-6-11-23-22)13-21(26)16-7-2-1-3-8-16/h1-12,14-15H,13H2. The quantitative estimate of drug-likeness (QED) is 0.403. The lowest BCUT2D eigenvalue weighted by atomic mass is 9.98. The highest BCUT2D eigenvalue weighted by Crippen LogP contribution is 2.29. The topological polar surface area (TPSA) is 51.4 Å². The smallest absolute Gasteiger partial charge is 0.167 e. The second kappa shape index (κ2) is 6.76. The molecule has 0 amide bonds. The zero-order valence-corrected chi connectivity index (χ0v) is 14.0. The van der Waals surface area contributed by atoms with Gasteiger partial charge >= 0.3 is 0 Å². The normalized spacial score (nSPS) is 10.8. The Morgan fingerprint density at radius 1 is 1.00 bits per heavy atom. The van der Waals surface area contributed by atoms with Crippen LogP contribution >= 0.6 is 0 Å². The summed E-state index contributed by atoms with van der Waals surface area (Å²) < 4.78 is 1.90. The first-order chi connectivity index (χ1) is 12.8. The molecule has 4 nitrogen and oxygen atoms in total. The van der Waals surface area contributed by atoms with Crippen LogP contribution in [0.15, 0.2) is 79.3 Å². The number of hydrogen-bond acceptors (Lipinski definition) is 3. The number of fused-ring (bicyclic) bond motifs is 1. The largest absolute Gasteiger partial charge is 0.322 e. The Hall–Kier alpha value is -3.53. The van der Waals surface area contributed by atoms with Gasteiger partial charge in [0.15, 0.2) is 12.1 Å². The minimum Gasteiger partial charge on any atom is -0.322 e. The van der Waals surface area contributed by atoms with Gasteiger partial charge in [0, 0.05) is 41.7 Å². The summed E-state index contributed by atoms with van der Waals surface area (Å²) in [7, 11) is 0. The van der Waals surface area contributed by atoms with Gasteiger partial charge in [0.2, 0.25) is 0 Å². The molecule has 1 aromatic carbocycles. The van der Waals surface area contributed by atoms with Crippen molar-refractivity contribution in [2.45, 2.75) is 6.42 Å². The van der Waals surface area contributed by atoms with Gasteiger partial charge in [-0.3, -0.25) is 14.6 Å². The van der Waals surface area contributed by atoms with Crippen LogP contribution < -0.4 is 0 Å². The van der Waals surface area contributed by atoms with Crippen LogP contribution in [-0.2, 0) is 6.42 Å². The lowest BCUT2D eigenvalue weighted by Gasteiger charge is -2.07. The van der Waals surface area contributed by atoms with Gasteiger partial charge in [-0.1, -0.05) is 42.5 Å². The molecule has 0 bridgehead atoms. The SMILES string of the molecule is O=Cc1c(-c2ncccc2CC(=O)c2ccccc2)cn2ccccc12. The van der Waals surface area contributed by atoms with Crippen molar-refractivity contribution >= 4 is 17.6 Å². The molecule has 0 aliphatic carbocycles. The number of Topliss-reactive ketones (excluding diaryl/α,β-unsaturated/α-hetero) is 1. The molecule has 126 valence electrons. The molecular formula is C22H16N2O2. The lowest BCUT2D eigenvalue weighted by Crippen LogP contribution is -2.05. The van der Waals surface area contributed by atoms with Crippen molar-refractivity contribution in [1.82, 2.24) is 9.38 Å². The average molecular weight is 340 g/mol. The van der Waals surface area contributed by atoms with Crippen LogP contribution in [0.1, 0.15) is 26.3 Å².